The summed E-state index contributed by atoms with van der Waals surface area (Å²) in [5.41, 5.74) is 7.09. The lowest BCUT2D eigenvalue weighted by molar-refractivity contribution is -0.141. The Labute approximate surface area is 134 Å². The number of likely N-dealkylation sites (tertiary alicyclic amines) is 1. The van der Waals surface area contributed by atoms with Crippen LogP contribution in [0.5, 0.6) is 5.75 Å². The summed E-state index contributed by atoms with van der Waals surface area (Å²) >= 11 is 3.47. The second kappa shape index (κ2) is 6.79. The summed E-state index contributed by atoms with van der Waals surface area (Å²) < 4.78 is 6.69. The molecule has 1 fully saturated rings. The Morgan fingerprint density at radius 2 is 2.24 bits per heavy atom. The molecule has 0 aromatic heterocycles. The maximum absolute atomic E-state index is 12.5. The van der Waals surface area contributed by atoms with Crippen LogP contribution in [0, 0.1) is 6.92 Å². The van der Waals surface area contributed by atoms with Crippen molar-refractivity contribution in [1.29, 1.82) is 0 Å². The molecule has 1 aliphatic heterocycles. The van der Waals surface area contributed by atoms with Crippen molar-refractivity contribution in [3.63, 3.8) is 0 Å². The molecule has 2 rings (SSSR count). The van der Waals surface area contributed by atoms with E-state index in [1.165, 1.54) is 0 Å². The number of ether oxygens (including phenoxy) is 1. The molecule has 0 aliphatic carbocycles. The first-order valence-corrected chi connectivity index (χ1v) is 8.16. The van der Waals surface area contributed by atoms with Crippen LogP contribution >= 0.6 is 15.9 Å². The molecule has 1 amide bonds. The maximum Gasteiger partial charge on any atom is 0.263 e. The van der Waals surface area contributed by atoms with E-state index in [2.05, 4.69) is 15.9 Å². The second-order valence-corrected chi connectivity index (χ2v) is 6.71. The number of piperidine rings is 1. The number of nitrogens with zero attached hydrogens (tertiary/aromatic N) is 1. The molecule has 21 heavy (non-hydrogen) atoms. The minimum Gasteiger partial charge on any atom is -0.480 e. The third-order valence-electron chi connectivity index (χ3n) is 3.94. The van der Waals surface area contributed by atoms with E-state index < -0.39 is 6.10 Å². The van der Waals surface area contributed by atoms with Crippen LogP contribution in [-0.2, 0) is 4.79 Å². The van der Waals surface area contributed by atoms with Gasteiger partial charge in [-0.1, -0.05) is 6.07 Å². The predicted octanol–water partition coefficient (Wildman–Crippen LogP) is 2.86. The third kappa shape index (κ3) is 3.98. The minimum absolute atomic E-state index is 0.0295. The summed E-state index contributed by atoms with van der Waals surface area (Å²) in [5.74, 6) is 0.727. The van der Waals surface area contributed by atoms with E-state index in [-0.39, 0.29) is 18.0 Å². The van der Waals surface area contributed by atoms with Crippen molar-refractivity contribution >= 4 is 21.8 Å². The number of halogens is 1. The molecule has 4 nitrogen and oxygen atoms in total. The van der Waals surface area contributed by atoms with E-state index in [1.807, 2.05) is 36.9 Å². The largest absolute Gasteiger partial charge is 0.480 e. The van der Waals surface area contributed by atoms with Crippen molar-refractivity contribution < 1.29 is 9.53 Å². The van der Waals surface area contributed by atoms with E-state index in [9.17, 15) is 4.79 Å². The van der Waals surface area contributed by atoms with Gasteiger partial charge >= 0.3 is 0 Å². The maximum atomic E-state index is 12.5. The molecular weight excluding hydrogens is 332 g/mol. The first kappa shape index (κ1) is 16.3. The van der Waals surface area contributed by atoms with Gasteiger partial charge in [0.05, 0.1) is 4.47 Å². The van der Waals surface area contributed by atoms with Crippen LogP contribution in [0.3, 0.4) is 0 Å². The zero-order chi connectivity index (χ0) is 15.6. The molecule has 5 heteroatoms. The number of hydrogen-bond acceptors (Lipinski definition) is 3. The molecule has 1 aliphatic rings. The van der Waals surface area contributed by atoms with E-state index in [0.29, 0.717) is 12.3 Å². The van der Waals surface area contributed by atoms with Gasteiger partial charge in [-0.3, -0.25) is 4.79 Å². The van der Waals surface area contributed by atoms with Gasteiger partial charge in [-0.15, -0.1) is 0 Å². The Bertz CT molecular complexity index is 521. The zero-order valence-corrected chi connectivity index (χ0v) is 14.4. The summed E-state index contributed by atoms with van der Waals surface area (Å²) in [6.45, 7) is 6.58. The smallest absolute Gasteiger partial charge is 0.263 e. The topological polar surface area (TPSA) is 55.6 Å². The molecule has 0 saturated carbocycles. The molecule has 0 unspecified atom stereocenters. The van der Waals surface area contributed by atoms with Crippen molar-refractivity contribution in [2.75, 3.05) is 6.54 Å². The number of benzene rings is 1. The van der Waals surface area contributed by atoms with Gasteiger partial charge in [0.15, 0.2) is 6.10 Å². The fraction of sp³-hybridized carbons (Fsp3) is 0.562. The summed E-state index contributed by atoms with van der Waals surface area (Å²) in [5, 5.41) is 0. The van der Waals surface area contributed by atoms with Crippen LogP contribution in [0.2, 0.25) is 0 Å². The number of aryl methyl sites for hydroxylation is 1. The molecular formula is C16H23BrN2O2. The van der Waals surface area contributed by atoms with Gasteiger partial charge in [0, 0.05) is 18.6 Å². The first-order valence-electron chi connectivity index (χ1n) is 7.37. The van der Waals surface area contributed by atoms with Gasteiger partial charge in [0.1, 0.15) is 5.75 Å². The molecule has 0 radical (unpaired) electrons. The van der Waals surface area contributed by atoms with Gasteiger partial charge in [-0.05, 0) is 67.2 Å². The van der Waals surface area contributed by atoms with Crippen molar-refractivity contribution in [2.45, 2.75) is 51.8 Å². The summed E-state index contributed by atoms with van der Waals surface area (Å²) in [6.07, 6.45) is 1.21. The number of hydrogen-bond donors (Lipinski definition) is 1. The molecule has 1 heterocycles. The Hall–Kier alpha value is -1.07. The standard InChI is InChI=1S/C16H23BrN2O2/c1-10-4-5-15(14(17)8-10)21-12(3)16(20)19-7-6-13(18)9-11(19)2/h4-5,8,11-13H,6-7,9,18H2,1-3H3/t11-,12-,13-/m1/s1. The highest BCUT2D eigenvalue weighted by Crippen LogP contribution is 2.27. The van der Waals surface area contributed by atoms with E-state index in [0.717, 1.165) is 22.9 Å². The molecule has 1 aromatic carbocycles. The quantitative estimate of drug-likeness (QED) is 0.907. The SMILES string of the molecule is Cc1ccc(O[C@H](C)C(=O)N2CC[C@@H](N)C[C@H]2C)c(Br)c1. The van der Waals surface area contributed by atoms with Crippen LogP contribution in [0.4, 0.5) is 0 Å². The number of nitrogens with two attached hydrogens (primary N) is 1. The van der Waals surface area contributed by atoms with Gasteiger partial charge in [0.2, 0.25) is 0 Å². The predicted molar refractivity (Wildman–Crippen MR) is 87.4 cm³/mol. The van der Waals surface area contributed by atoms with Gasteiger partial charge < -0.3 is 15.4 Å². The Morgan fingerprint density at radius 1 is 1.52 bits per heavy atom. The highest BCUT2D eigenvalue weighted by molar-refractivity contribution is 9.10. The summed E-state index contributed by atoms with van der Waals surface area (Å²) in [4.78, 5) is 14.4. The van der Waals surface area contributed by atoms with Crippen LogP contribution in [0.15, 0.2) is 22.7 Å². The average molecular weight is 355 g/mol. The van der Waals surface area contributed by atoms with Crippen molar-refractivity contribution in [3.05, 3.63) is 28.2 Å². The van der Waals surface area contributed by atoms with Crippen LogP contribution in [0.25, 0.3) is 0 Å². The van der Waals surface area contributed by atoms with Crippen LogP contribution < -0.4 is 10.5 Å². The van der Waals surface area contributed by atoms with Crippen molar-refractivity contribution in [2.24, 2.45) is 5.73 Å². The Morgan fingerprint density at radius 3 is 2.86 bits per heavy atom. The Balaban J connectivity index is 2.02. The van der Waals surface area contributed by atoms with Gasteiger partial charge in [0.25, 0.3) is 5.91 Å². The highest BCUT2D eigenvalue weighted by Gasteiger charge is 2.30. The second-order valence-electron chi connectivity index (χ2n) is 5.86. The molecule has 1 aromatic rings. The summed E-state index contributed by atoms with van der Waals surface area (Å²) in [7, 11) is 0. The van der Waals surface area contributed by atoms with E-state index in [4.69, 9.17) is 10.5 Å². The number of carbonyl (C=O) groups excluding carboxylic acids is 1. The molecule has 3 atom stereocenters. The van der Waals surface area contributed by atoms with E-state index in [1.54, 1.807) is 6.92 Å². The van der Waals surface area contributed by atoms with Crippen LogP contribution in [0.1, 0.15) is 32.3 Å². The highest BCUT2D eigenvalue weighted by atomic mass is 79.9. The fourth-order valence-electron chi connectivity index (χ4n) is 2.71. The summed E-state index contributed by atoms with van der Waals surface area (Å²) in [6, 6.07) is 6.22. The van der Waals surface area contributed by atoms with Crippen LogP contribution in [-0.4, -0.2) is 35.5 Å². The molecule has 116 valence electrons. The number of carbonyl (C=O) groups is 1. The monoisotopic (exact) mass is 354 g/mol. The molecule has 1 saturated heterocycles. The zero-order valence-electron chi connectivity index (χ0n) is 12.8. The Kier molecular flexibility index (Phi) is 5.27. The number of amides is 1. The molecule has 2 N–H and O–H groups in total. The first-order chi connectivity index (χ1) is 9.88. The van der Waals surface area contributed by atoms with Crippen molar-refractivity contribution in [3.8, 4) is 5.75 Å². The van der Waals surface area contributed by atoms with Gasteiger partial charge in [-0.2, -0.15) is 0 Å². The van der Waals surface area contributed by atoms with Crippen molar-refractivity contribution in [1.82, 2.24) is 4.90 Å². The molecule has 0 spiro atoms. The fourth-order valence-corrected chi connectivity index (χ4v) is 3.30. The average Bonchev–Trinajstić information content (AvgIpc) is 2.41. The lowest BCUT2D eigenvalue weighted by Crippen LogP contribution is -2.51. The molecule has 0 bridgehead atoms. The normalized spacial score (nSPS) is 23.8. The third-order valence-corrected chi connectivity index (χ3v) is 4.56. The lowest BCUT2D eigenvalue weighted by Gasteiger charge is -2.37. The lowest BCUT2D eigenvalue weighted by atomic mass is 9.98. The van der Waals surface area contributed by atoms with Gasteiger partial charge in [-0.25, -0.2) is 0 Å². The van der Waals surface area contributed by atoms with E-state index >= 15 is 0 Å². The minimum atomic E-state index is -0.499. The number of rotatable bonds is 3.